The Morgan fingerprint density at radius 2 is 2.03 bits per heavy atom. The molecule has 2 fully saturated rings. The normalized spacial score (nSPS) is 19.9. The zero-order chi connectivity index (χ0) is 21.3. The molecule has 1 aromatic carbocycles. The number of carbonyl (C=O) groups excluding carboxylic acids is 1. The summed E-state index contributed by atoms with van der Waals surface area (Å²) in [5.41, 5.74) is 0.918. The zero-order valence-corrected chi connectivity index (χ0v) is 16.4. The summed E-state index contributed by atoms with van der Waals surface area (Å²) in [5.74, 6) is -1.45. The summed E-state index contributed by atoms with van der Waals surface area (Å²) in [6.45, 7) is 3.57. The molecule has 1 atom stereocenters. The van der Waals surface area contributed by atoms with Crippen LogP contribution in [0.4, 0.5) is 8.78 Å². The second-order valence-electron chi connectivity index (χ2n) is 8.05. The summed E-state index contributed by atoms with van der Waals surface area (Å²) in [6.07, 6.45) is 2.72. The van der Waals surface area contributed by atoms with Crippen LogP contribution in [-0.4, -0.2) is 52.0 Å². The number of piperidine rings is 1. The standard InChI is InChI=1S/C22H22F2N4O2/c23-18-7-19(24)21(26-9-18)22(30)28-5-1-2-15(13-28)17-11-27(12-17)10-14-3-4-20(29)16(6-14)8-25/h3-4,6-7,9,15,17,29H,1-2,5,10-13H2. The summed E-state index contributed by atoms with van der Waals surface area (Å²) < 4.78 is 27.0. The molecule has 2 saturated heterocycles. The third kappa shape index (κ3) is 4.12. The number of halogens is 2. The molecular weight excluding hydrogens is 390 g/mol. The van der Waals surface area contributed by atoms with Gasteiger partial charge in [0.25, 0.3) is 5.91 Å². The van der Waals surface area contributed by atoms with Crippen LogP contribution in [0.5, 0.6) is 5.75 Å². The molecular formula is C22H22F2N4O2. The number of phenols is 1. The van der Waals surface area contributed by atoms with E-state index >= 15 is 0 Å². The van der Waals surface area contributed by atoms with Crippen molar-refractivity contribution in [3.05, 3.63) is 58.9 Å². The van der Waals surface area contributed by atoms with Gasteiger partial charge in [-0.25, -0.2) is 13.8 Å². The molecule has 8 heteroatoms. The Kier molecular flexibility index (Phi) is 5.64. The van der Waals surface area contributed by atoms with E-state index < -0.39 is 17.5 Å². The average Bonchev–Trinajstić information content (AvgIpc) is 2.71. The molecule has 1 aromatic heterocycles. The van der Waals surface area contributed by atoms with Gasteiger partial charge in [0.15, 0.2) is 11.5 Å². The van der Waals surface area contributed by atoms with Gasteiger partial charge in [0, 0.05) is 38.8 Å². The Hall–Kier alpha value is -3.05. The number of benzene rings is 1. The molecule has 2 aliphatic rings. The minimum absolute atomic E-state index is 0.0122. The number of amides is 1. The lowest BCUT2D eigenvalue weighted by Gasteiger charge is -2.46. The van der Waals surface area contributed by atoms with E-state index in [9.17, 15) is 18.7 Å². The number of hydrogen-bond donors (Lipinski definition) is 1. The van der Waals surface area contributed by atoms with Gasteiger partial charge in [-0.3, -0.25) is 9.69 Å². The highest BCUT2D eigenvalue weighted by Gasteiger charge is 2.37. The van der Waals surface area contributed by atoms with Crippen LogP contribution < -0.4 is 0 Å². The summed E-state index contributed by atoms with van der Waals surface area (Å²) in [5, 5.41) is 18.7. The Morgan fingerprint density at radius 3 is 2.77 bits per heavy atom. The summed E-state index contributed by atoms with van der Waals surface area (Å²) in [6, 6.07) is 7.73. The lowest BCUT2D eigenvalue weighted by atomic mass is 9.80. The van der Waals surface area contributed by atoms with Crippen LogP contribution in [0.3, 0.4) is 0 Å². The van der Waals surface area contributed by atoms with Crippen molar-refractivity contribution < 1.29 is 18.7 Å². The SMILES string of the molecule is N#Cc1cc(CN2CC(C3CCCN(C(=O)c4ncc(F)cc4F)C3)C2)ccc1O. The van der Waals surface area contributed by atoms with Crippen LogP contribution in [0.1, 0.15) is 34.5 Å². The third-order valence-corrected chi connectivity index (χ3v) is 6.00. The van der Waals surface area contributed by atoms with Crippen molar-refractivity contribution in [2.24, 2.45) is 11.8 Å². The maximum absolute atomic E-state index is 13.9. The maximum Gasteiger partial charge on any atom is 0.275 e. The molecule has 30 heavy (non-hydrogen) atoms. The molecule has 6 nitrogen and oxygen atoms in total. The van der Waals surface area contributed by atoms with Gasteiger partial charge in [0.1, 0.15) is 17.6 Å². The molecule has 0 saturated carbocycles. The van der Waals surface area contributed by atoms with Gasteiger partial charge in [-0.2, -0.15) is 5.26 Å². The minimum atomic E-state index is -0.928. The highest BCUT2D eigenvalue weighted by atomic mass is 19.1. The molecule has 2 aromatic rings. The number of pyridine rings is 1. The third-order valence-electron chi connectivity index (χ3n) is 6.00. The van der Waals surface area contributed by atoms with Crippen molar-refractivity contribution in [3.63, 3.8) is 0 Å². The van der Waals surface area contributed by atoms with E-state index in [1.54, 1.807) is 17.0 Å². The second-order valence-corrected chi connectivity index (χ2v) is 8.05. The largest absolute Gasteiger partial charge is 0.507 e. The van der Waals surface area contributed by atoms with E-state index in [1.807, 2.05) is 12.1 Å². The number of carbonyl (C=O) groups is 1. The Labute approximate surface area is 173 Å². The van der Waals surface area contributed by atoms with Crippen molar-refractivity contribution in [1.29, 1.82) is 5.26 Å². The second kappa shape index (κ2) is 8.36. The van der Waals surface area contributed by atoms with Crippen LogP contribution in [0.25, 0.3) is 0 Å². The lowest BCUT2D eigenvalue weighted by Crippen LogP contribution is -2.53. The molecule has 3 heterocycles. The Morgan fingerprint density at radius 1 is 1.23 bits per heavy atom. The maximum atomic E-state index is 13.9. The first kappa shape index (κ1) is 20.2. The molecule has 1 N–H and O–H groups in total. The molecule has 0 aliphatic carbocycles. The number of likely N-dealkylation sites (tertiary alicyclic amines) is 2. The van der Waals surface area contributed by atoms with Gasteiger partial charge in [0.2, 0.25) is 0 Å². The van der Waals surface area contributed by atoms with Crippen LogP contribution in [-0.2, 0) is 6.54 Å². The quantitative estimate of drug-likeness (QED) is 0.835. The molecule has 0 radical (unpaired) electrons. The van der Waals surface area contributed by atoms with Crippen LogP contribution in [0, 0.1) is 34.8 Å². The fourth-order valence-electron chi connectivity index (χ4n) is 4.37. The summed E-state index contributed by atoms with van der Waals surface area (Å²) in [4.78, 5) is 20.2. The van der Waals surface area contributed by atoms with Crippen LogP contribution in [0.15, 0.2) is 30.5 Å². The highest BCUT2D eigenvalue weighted by Crippen LogP contribution is 2.32. The first-order chi connectivity index (χ1) is 14.4. The van der Waals surface area contributed by atoms with Crippen molar-refractivity contribution in [1.82, 2.24) is 14.8 Å². The van der Waals surface area contributed by atoms with Gasteiger partial charge < -0.3 is 10.0 Å². The van der Waals surface area contributed by atoms with Gasteiger partial charge in [-0.05, 0) is 42.4 Å². The molecule has 4 rings (SSSR count). The van der Waals surface area contributed by atoms with E-state index in [1.165, 1.54) is 0 Å². The van der Waals surface area contributed by atoms with E-state index in [-0.39, 0.29) is 17.0 Å². The van der Waals surface area contributed by atoms with E-state index in [2.05, 4.69) is 9.88 Å². The van der Waals surface area contributed by atoms with Crippen LogP contribution in [0.2, 0.25) is 0 Å². The number of aromatic hydroxyl groups is 1. The van der Waals surface area contributed by atoms with Gasteiger partial charge >= 0.3 is 0 Å². The molecule has 1 unspecified atom stereocenters. The zero-order valence-electron chi connectivity index (χ0n) is 16.4. The van der Waals surface area contributed by atoms with E-state index in [4.69, 9.17) is 5.26 Å². The number of aromatic nitrogens is 1. The van der Waals surface area contributed by atoms with Gasteiger partial charge in [-0.1, -0.05) is 6.07 Å². The van der Waals surface area contributed by atoms with Crippen molar-refractivity contribution in [2.45, 2.75) is 19.4 Å². The summed E-state index contributed by atoms with van der Waals surface area (Å²) in [7, 11) is 0. The monoisotopic (exact) mass is 412 g/mol. The Bertz CT molecular complexity index is 1000. The highest BCUT2D eigenvalue weighted by molar-refractivity contribution is 5.92. The predicted octanol–water partition coefficient (Wildman–Crippen LogP) is 2.92. The number of nitrogens with zero attached hydrogens (tertiary/aromatic N) is 4. The minimum Gasteiger partial charge on any atom is -0.507 e. The fourth-order valence-corrected chi connectivity index (χ4v) is 4.37. The fraction of sp³-hybridized carbons (Fsp3) is 0.409. The summed E-state index contributed by atoms with van der Waals surface area (Å²) >= 11 is 0. The van der Waals surface area contributed by atoms with Crippen molar-refractivity contribution in [2.75, 3.05) is 26.2 Å². The molecule has 156 valence electrons. The molecule has 2 aliphatic heterocycles. The first-order valence-electron chi connectivity index (χ1n) is 9.99. The van der Waals surface area contributed by atoms with Gasteiger partial charge in [-0.15, -0.1) is 0 Å². The topological polar surface area (TPSA) is 80.5 Å². The average molecular weight is 412 g/mol. The van der Waals surface area contributed by atoms with Crippen LogP contribution >= 0.6 is 0 Å². The molecule has 0 spiro atoms. The smallest absolute Gasteiger partial charge is 0.275 e. The number of phenolic OH excluding ortho intramolecular Hbond substituents is 1. The number of nitriles is 1. The van der Waals surface area contributed by atoms with E-state index in [0.717, 1.165) is 37.7 Å². The van der Waals surface area contributed by atoms with E-state index in [0.29, 0.717) is 37.5 Å². The predicted molar refractivity (Wildman–Crippen MR) is 104 cm³/mol. The Balaban J connectivity index is 1.33. The number of rotatable bonds is 4. The molecule has 0 bridgehead atoms. The number of hydrogen-bond acceptors (Lipinski definition) is 5. The lowest BCUT2D eigenvalue weighted by molar-refractivity contribution is 0.0166. The van der Waals surface area contributed by atoms with Crippen molar-refractivity contribution >= 4 is 5.91 Å². The van der Waals surface area contributed by atoms with Crippen molar-refractivity contribution in [3.8, 4) is 11.8 Å². The first-order valence-corrected chi connectivity index (χ1v) is 9.99. The molecule has 1 amide bonds. The van der Waals surface area contributed by atoms with Gasteiger partial charge in [0.05, 0.1) is 11.8 Å².